The molecule has 0 aliphatic heterocycles. The highest BCUT2D eigenvalue weighted by Crippen LogP contribution is 2.25. The summed E-state index contributed by atoms with van der Waals surface area (Å²) in [6.45, 7) is 0. The van der Waals surface area contributed by atoms with E-state index in [9.17, 15) is 8.42 Å². The average Bonchev–Trinajstić information content (AvgIpc) is 2.45. The van der Waals surface area contributed by atoms with Gasteiger partial charge >= 0.3 is 0 Å². The van der Waals surface area contributed by atoms with Crippen molar-refractivity contribution in [3.8, 4) is 5.75 Å². The Labute approximate surface area is 129 Å². The predicted molar refractivity (Wildman–Crippen MR) is 84.6 cm³/mol. The molecule has 0 aliphatic rings. The third-order valence-corrected chi connectivity index (χ3v) is 5.30. The lowest BCUT2D eigenvalue weighted by Gasteiger charge is -2.08. The molecule has 0 radical (unpaired) electrons. The number of hydrogen-bond acceptors (Lipinski definition) is 4. The van der Waals surface area contributed by atoms with Crippen molar-refractivity contribution in [1.82, 2.24) is 0 Å². The molecule has 2 aromatic carbocycles. The van der Waals surface area contributed by atoms with Crippen LogP contribution in [0.5, 0.6) is 5.75 Å². The molecule has 0 fully saturated rings. The van der Waals surface area contributed by atoms with Gasteiger partial charge in [0.1, 0.15) is 5.75 Å². The summed E-state index contributed by atoms with van der Waals surface area (Å²) in [4.78, 5) is 0.117. The molecular weight excluding hydrogens is 310 g/mol. The quantitative estimate of drug-likeness (QED) is 0.858. The van der Waals surface area contributed by atoms with Crippen LogP contribution in [0.1, 0.15) is 5.56 Å². The van der Waals surface area contributed by atoms with Crippen molar-refractivity contribution < 1.29 is 13.2 Å². The van der Waals surface area contributed by atoms with Crippen LogP contribution in [0.4, 0.5) is 5.69 Å². The first-order valence-electron chi connectivity index (χ1n) is 6.33. The number of aryl methyl sites for hydroxylation is 1. The van der Waals surface area contributed by atoms with Crippen LogP contribution in [0.25, 0.3) is 0 Å². The molecule has 0 spiro atoms. The van der Waals surface area contributed by atoms with Gasteiger partial charge in [0, 0.05) is 5.69 Å². The van der Waals surface area contributed by atoms with Crippen molar-refractivity contribution in [3.63, 3.8) is 0 Å². The number of ether oxygens (including phenoxy) is 1. The Morgan fingerprint density at radius 1 is 1.14 bits per heavy atom. The van der Waals surface area contributed by atoms with Crippen LogP contribution in [0, 0.1) is 0 Å². The highest BCUT2D eigenvalue weighted by Gasteiger charge is 2.18. The summed E-state index contributed by atoms with van der Waals surface area (Å²) in [5, 5.41) is 0.157. The second-order valence-corrected chi connectivity index (χ2v) is 7.09. The Hall–Kier alpha value is -1.72. The Morgan fingerprint density at radius 2 is 1.81 bits per heavy atom. The molecule has 2 aromatic rings. The minimum absolute atomic E-state index is 0.0109. The fourth-order valence-corrected chi connectivity index (χ4v) is 3.82. The number of nitrogens with two attached hydrogens (primary N) is 1. The van der Waals surface area contributed by atoms with Crippen molar-refractivity contribution >= 4 is 27.1 Å². The molecule has 0 heterocycles. The van der Waals surface area contributed by atoms with Gasteiger partial charge in [-0.15, -0.1) is 0 Å². The molecule has 0 atom stereocenters. The van der Waals surface area contributed by atoms with Crippen molar-refractivity contribution in [1.29, 1.82) is 0 Å². The van der Waals surface area contributed by atoms with Crippen LogP contribution in [0.15, 0.2) is 47.4 Å². The zero-order valence-electron chi connectivity index (χ0n) is 11.5. The van der Waals surface area contributed by atoms with E-state index in [-0.39, 0.29) is 15.7 Å². The number of nitrogen functional groups attached to an aromatic ring is 1. The molecule has 0 aliphatic carbocycles. The van der Waals surface area contributed by atoms with E-state index in [1.165, 1.54) is 18.2 Å². The standard InChI is InChI=1S/C15H16ClNO3S/c1-20-13-5-2-11(3-6-13)8-9-21(18,19)15-7-4-12(17)10-14(15)16/h2-7,10H,8-9,17H2,1H3. The molecule has 6 heteroatoms. The maximum Gasteiger partial charge on any atom is 0.180 e. The van der Waals surface area contributed by atoms with E-state index >= 15 is 0 Å². The zero-order chi connectivity index (χ0) is 15.5. The first-order valence-corrected chi connectivity index (χ1v) is 8.36. The van der Waals surface area contributed by atoms with E-state index < -0.39 is 9.84 Å². The van der Waals surface area contributed by atoms with E-state index in [4.69, 9.17) is 22.1 Å². The Morgan fingerprint density at radius 3 is 2.38 bits per heavy atom. The SMILES string of the molecule is COc1ccc(CCS(=O)(=O)c2ccc(N)cc2Cl)cc1. The molecule has 0 aromatic heterocycles. The number of benzene rings is 2. The van der Waals surface area contributed by atoms with Crippen molar-refractivity contribution in [2.45, 2.75) is 11.3 Å². The van der Waals surface area contributed by atoms with Crippen LogP contribution in [-0.2, 0) is 16.3 Å². The fourth-order valence-electron chi connectivity index (χ4n) is 1.92. The highest BCUT2D eigenvalue weighted by atomic mass is 35.5. The van der Waals surface area contributed by atoms with Gasteiger partial charge in [0.15, 0.2) is 9.84 Å². The molecule has 21 heavy (non-hydrogen) atoms. The van der Waals surface area contributed by atoms with E-state index in [1.807, 2.05) is 12.1 Å². The smallest absolute Gasteiger partial charge is 0.180 e. The number of sulfone groups is 1. The van der Waals surface area contributed by atoms with E-state index in [1.54, 1.807) is 19.2 Å². The average molecular weight is 326 g/mol. The van der Waals surface area contributed by atoms with Gasteiger partial charge in [-0.1, -0.05) is 23.7 Å². The Bertz CT molecular complexity index is 727. The van der Waals surface area contributed by atoms with Gasteiger partial charge < -0.3 is 10.5 Å². The van der Waals surface area contributed by atoms with Crippen molar-refractivity contribution in [2.75, 3.05) is 18.6 Å². The summed E-state index contributed by atoms with van der Waals surface area (Å²) in [7, 11) is -1.85. The molecule has 0 amide bonds. The summed E-state index contributed by atoms with van der Waals surface area (Å²) in [5.41, 5.74) is 6.93. The largest absolute Gasteiger partial charge is 0.497 e. The summed E-state index contributed by atoms with van der Waals surface area (Å²) < 4.78 is 29.7. The maximum absolute atomic E-state index is 12.3. The minimum Gasteiger partial charge on any atom is -0.497 e. The molecule has 112 valence electrons. The third-order valence-electron chi connectivity index (χ3n) is 3.11. The van der Waals surface area contributed by atoms with Crippen LogP contribution in [-0.4, -0.2) is 21.3 Å². The molecule has 0 bridgehead atoms. The summed E-state index contributed by atoms with van der Waals surface area (Å²) in [5.74, 6) is 0.728. The number of rotatable bonds is 5. The van der Waals surface area contributed by atoms with Gasteiger partial charge in [0.25, 0.3) is 0 Å². The van der Waals surface area contributed by atoms with Gasteiger partial charge in [-0.25, -0.2) is 8.42 Å². The van der Waals surface area contributed by atoms with E-state index in [0.717, 1.165) is 11.3 Å². The normalized spacial score (nSPS) is 11.3. The lowest BCUT2D eigenvalue weighted by Crippen LogP contribution is -2.10. The molecule has 0 unspecified atom stereocenters. The summed E-state index contributed by atoms with van der Waals surface area (Å²) in [6.07, 6.45) is 0.410. The lowest BCUT2D eigenvalue weighted by atomic mass is 10.2. The van der Waals surface area contributed by atoms with E-state index in [0.29, 0.717) is 12.1 Å². The van der Waals surface area contributed by atoms with Gasteiger partial charge in [-0.2, -0.15) is 0 Å². The molecule has 4 nitrogen and oxygen atoms in total. The van der Waals surface area contributed by atoms with Gasteiger partial charge in [-0.3, -0.25) is 0 Å². The van der Waals surface area contributed by atoms with Crippen LogP contribution in [0.2, 0.25) is 5.02 Å². The summed E-state index contributed by atoms with van der Waals surface area (Å²) >= 11 is 5.96. The van der Waals surface area contributed by atoms with Gasteiger partial charge in [-0.05, 0) is 42.3 Å². The first kappa shape index (κ1) is 15.7. The topological polar surface area (TPSA) is 69.4 Å². The van der Waals surface area contributed by atoms with Gasteiger partial charge in [0.05, 0.1) is 22.8 Å². The predicted octanol–water partition coefficient (Wildman–Crippen LogP) is 2.95. The van der Waals surface area contributed by atoms with Crippen LogP contribution < -0.4 is 10.5 Å². The fraction of sp³-hybridized carbons (Fsp3) is 0.200. The third kappa shape index (κ3) is 3.89. The maximum atomic E-state index is 12.3. The molecule has 0 saturated heterocycles. The number of halogens is 1. The second kappa shape index (κ2) is 6.37. The molecule has 2 N–H and O–H groups in total. The van der Waals surface area contributed by atoms with Crippen LogP contribution >= 0.6 is 11.6 Å². The number of hydrogen-bond donors (Lipinski definition) is 1. The summed E-state index contributed by atoms with van der Waals surface area (Å²) in [6, 6.07) is 11.7. The Kier molecular flexibility index (Phi) is 4.75. The molecular formula is C15H16ClNO3S. The van der Waals surface area contributed by atoms with E-state index in [2.05, 4.69) is 0 Å². The van der Waals surface area contributed by atoms with Crippen molar-refractivity contribution in [2.24, 2.45) is 0 Å². The van der Waals surface area contributed by atoms with Gasteiger partial charge in [0.2, 0.25) is 0 Å². The number of methoxy groups -OCH3 is 1. The zero-order valence-corrected chi connectivity index (χ0v) is 13.1. The minimum atomic E-state index is -3.44. The molecule has 2 rings (SSSR count). The van der Waals surface area contributed by atoms with Crippen LogP contribution in [0.3, 0.4) is 0 Å². The Balaban J connectivity index is 2.13. The monoisotopic (exact) mass is 325 g/mol. The second-order valence-electron chi connectivity index (χ2n) is 4.61. The van der Waals surface area contributed by atoms with Crippen molar-refractivity contribution in [3.05, 3.63) is 53.1 Å². The number of anilines is 1. The molecule has 0 saturated carbocycles. The highest BCUT2D eigenvalue weighted by molar-refractivity contribution is 7.91. The lowest BCUT2D eigenvalue weighted by molar-refractivity contribution is 0.414. The first-order chi connectivity index (χ1) is 9.92.